The molecule has 3 rings (SSSR count). The Balaban J connectivity index is 1.39. The van der Waals surface area contributed by atoms with Crippen LogP contribution in [-0.4, -0.2) is 13.1 Å². The zero-order chi connectivity index (χ0) is 20.5. The van der Waals surface area contributed by atoms with E-state index in [2.05, 4.69) is 43.3 Å². The molecule has 2 aliphatic carbocycles. The number of rotatable bonds is 8. The summed E-state index contributed by atoms with van der Waals surface area (Å²) in [5, 5.41) is 0. The second kappa shape index (κ2) is 11.6. The highest BCUT2D eigenvalue weighted by molar-refractivity contribution is 5.72. The number of carbonyl (C=O) groups is 1. The van der Waals surface area contributed by atoms with Crippen LogP contribution in [0.4, 0.5) is 0 Å². The Morgan fingerprint density at radius 2 is 1.48 bits per heavy atom. The molecule has 0 aliphatic heterocycles. The quantitative estimate of drug-likeness (QED) is 0.263. The Bertz CT molecular complexity index is 629. The third-order valence-corrected chi connectivity index (χ3v) is 7.25. The Labute approximate surface area is 178 Å². The molecule has 2 aliphatic rings. The number of carbonyl (C=O) groups excluding carboxylic acids is 1. The highest BCUT2D eigenvalue weighted by atomic mass is 16.5. The number of benzene rings is 1. The van der Waals surface area contributed by atoms with E-state index < -0.39 is 0 Å². The van der Waals surface area contributed by atoms with Gasteiger partial charge in [-0.25, -0.2) is 0 Å². The lowest BCUT2D eigenvalue weighted by molar-refractivity contribution is -0.146. The van der Waals surface area contributed by atoms with E-state index >= 15 is 0 Å². The lowest BCUT2D eigenvalue weighted by Gasteiger charge is -2.28. The summed E-state index contributed by atoms with van der Waals surface area (Å²) in [5.74, 6) is 2.28. The fourth-order valence-corrected chi connectivity index (χ4v) is 5.21. The zero-order valence-corrected chi connectivity index (χ0v) is 18.6. The van der Waals surface area contributed by atoms with Crippen molar-refractivity contribution in [2.24, 2.45) is 17.8 Å². The normalized spacial score (nSPS) is 27.8. The van der Waals surface area contributed by atoms with E-state index in [9.17, 15) is 4.79 Å². The van der Waals surface area contributed by atoms with Gasteiger partial charge in [0.05, 0.1) is 13.0 Å². The van der Waals surface area contributed by atoms with Crippen molar-refractivity contribution in [3.63, 3.8) is 0 Å². The average Bonchev–Trinajstić information content (AvgIpc) is 2.78. The fraction of sp³-hybridized carbons (Fsp3) is 0.667. The summed E-state index contributed by atoms with van der Waals surface area (Å²) in [6.07, 6.45) is 19.7. The molecule has 0 aromatic heterocycles. The van der Waals surface area contributed by atoms with Crippen LogP contribution in [0.3, 0.4) is 0 Å². The monoisotopic (exact) mass is 396 g/mol. The molecule has 0 unspecified atom stereocenters. The summed E-state index contributed by atoms with van der Waals surface area (Å²) in [6.45, 7) is 2.27. The zero-order valence-electron chi connectivity index (χ0n) is 18.6. The maximum atomic E-state index is 11.7. The molecule has 2 fully saturated rings. The van der Waals surface area contributed by atoms with Gasteiger partial charge in [0, 0.05) is 0 Å². The molecule has 29 heavy (non-hydrogen) atoms. The standard InChI is InChI=1S/C27H40O2/c1-3-4-5-6-21-9-15-24(16-10-21)25-17-11-22(12-18-25)7-8-23-13-19-26(20-14-23)27(28)29-2/h7-10,15-16,22-23,25-26H,3-6,11-14,17-20H2,1-2H3/b8-7+/t22-,23-,25-,26-. The SMILES string of the molecule is CCCCCc1ccc([C@H]2CC[C@H](/C=C/[C@H]3CC[C@H](C(=O)OC)CC3)CC2)cc1. The first kappa shape index (κ1) is 22.1. The smallest absolute Gasteiger partial charge is 0.308 e. The van der Waals surface area contributed by atoms with Crippen molar-refractivity contribution in [2.75, 3.05) is 7.11 Å². The molecule has 0 heterocycles. The van der Waals surface area contributed by atoms with E-state index in [0.29, 0.717) is 5.92 Å². The Morgan fingerprint density at radius 3 is 2.03 bits per heavy atom. The minimum atomic E-state index is -0.0141. The van der Waals surface area contributed by atoms with Crippen molar-refractivity contribution < 1.29 is 9.53 Å². The number of ether oxygens (including phenoxy) is 1. The van der Waals surface area contributed by atoms with Crippen LogP contribution in [0.25, 0.3) is 0 Å². The van der Waals surface area contributed by atoms with Crippen molar-refractivity contribution in [2.45, 2.75) is 89.9 Å². The molecule has 160 valence electrons. The van der Waals surface area contributed by atoms with Gasteiger partial charge in [-0.3, -0.25) is 4.79 Å². The fourth-order valence-electron chi connectivity index (χ4n) is 5.21. The predicted octanol–water partition coefficient (Wildman–Crippen LogP) is 7.23. The second-order valence-electron chi connectivity index (χ2n) is 9.33. The molecule has 0 atom stereocenters. The summed E-state index contributed by atoms with van der Waals surface area (Å²) in [6, 6.07) is 9.51. The van der Waals surface area contributed by atoms with E-state index in [-0.39, 0.29) is 11.9 Å². The Kier molecular flexibility index (Phi) is 8.83. The summed E-state index contributed by atoms with van der Waals surface area (Å²) in [7, 11) is 1.51. The summed E-state index contributed by atoms with van der Waals surface area (Å²) in [4.78, 5) is 11.7. The van der Waals surface area contributed by atoms with Crippen molar-refractivity contribution in [3.8, 4) is 0 Å². The van der Waals surface area contributed by atoms with E-state index in [1.54, 1.807) is 5.56 Å². The average molecular weight is 397 g/mol. The van der Waals surface area contributed by atoms with Crippen molar-refractivity contribution in [3.05, 3.63) is 47.5 Å². The van der Waals surface area contributed by atoms with Crippen molar-refractivity contribution in [1.29, 1.82) is 0 Å². The highest BCUT2D eigenvalue weighted by Gasteiger charge is 2.26. The Hall–Kier alpha value is -1.57. The number of allylic oxidation sites excluding steroid dienone is 2. The van der Waals surface area contributed by atoms with E-state index in [1.165, 1.54) is 64.0 Å². The van der Waals surface area contributed by atoms with Crippen LogP contribution in [0.2, 0.25) is 0 Å². The van der Waals surface area contributed by atoms with E-state index in [0.717, 1.165) is 37.5 Å². The minimum absolute atomic E-state index is 0.0141. The molecule has 0 saturated heterocycles. The molecule has 2 heteroatoms. The van der Waals surface area contributed by atoms with Crippen LogP contribution in [0.15, 0.2) is 36.4 Å². The maximum Gasteiger partial charge on any atom is 0.308 e. The number of unbranched alkanes of at least 4 members (excludes halogenated alkanes) is 2. The molecule has 0 amide bonds. The lowest BCUT2D eigenvalue weighted by atomic mass is 9.77. The van der Waals surface area contributed by atoms with Gasteiger partial charge >= 0.3 is 5.97 Å². The van der Waals surface area contributed by atoms with Crippen LogP contribution in [-0.2, 0) is 16.0 Å². The summed E-state index contributed by atoms with van der Waals surface area (Å²) < 4.78 is 4.90. The molecule has 1 aromatic rings. The van der Waals surface area contributed by atoms with Gasteiger partial charge in [0.1, 0.15) is 0 Å². The molecule has 1 aromatic carbocycles. The lowest BCUT2D eigenvalue weighted by Crippen LogP contribution is -2.22. The topological polar surface area (TPSA) is 26.3 Å². The maximum absolute atomic E-state index is 11.7. The van der Waals surface area contributed by atoms with Crippen LogP contribution in [0.1, 0.15) is 94.6 Å². The molecule has 2 nitrogen and oxygen atoms in total. The molecule has 0 radical (unpaired) electrons. The van der Waals surface area contributed by atoms with Gasteiger partial charge < -0.3 is 4.74 Å². The van der Waals surface area contributed by atoms with E-state index in [4.69, 9.17) is 4.74 Å². The molecule has 0 N–H and O–H groups in total. The van der Waals surface area contributed by atoms with Crippen LogP contribution < -0.4 is 0 Å². The van der Waals surface area contributed by atoms with Gasteiger partial charge in [-0.2, -0.15) is 0 Å². The van der Waals surface area contributed by atoms with Gasteiger partial charge in [-0.15, -0.1) is 0 Å². The van der Waals surface area contributed by atoms with Crippen LogP contribution >= 0.6 is 0 Å². The van der Waals surface area contributed by atoms with Gasteiger partial charge in [-0.05, 0) is 93.1 Å². The third-order valence-electron chi connectivity index (χ3n) is 7.25. The molecular weight excluding hydrogens is 356 g/mol. The molecule has 0 bridgehead atoms. The van der Waals surface area contributed by atoms with Crippen molar-refractivity contribution >= 4 is 5.97 Å². The number of hydrogen-bond acceptors (Lipinski definition) is 2. The van der Waals surface area contributed by atoms with Crippen LogP contribution in [0.5, 0.6) is 0 Å². The Morgan fingerprint density at radius 1 is 0.897 bits per heavy atom. The number of aryl methyl sites for hydroxylation is 1. The number of hydrogen-bond donors (Lipinski definition) is 0. The van der Waals surface area contributed by atoms with Gasteiger partial charge in [0.25, 0.3) is 0 Å². The first-order valence-corrected chi connectivity index (χ1v) is 12.0. The third kappa shape index (κ3) is 6.73. The van der Waals surface area contributed by atoms with E-state index in [1.807, 2.05) is 0 Å². The number of methoxy groups -OCH3 is 1. The predicted molar refractivity (Wildman–Crippen MR) is 121 cm³/mol. The largest absolute Gasteiger partial charge is 0.469 e. The number of esters is 1. The highest BCUT2D eigenvalue weighted by Crippen LogP contribution is 2.37. The molecular formula is C27H40O2. The summed E-state index contributed by atoms with van der Waals surface area (Å²) in [5.41, 5.74) is 3.05. The molecule has 0 spiro atoms. The van der Waals surface area contributed by atoms with Gasteiger partial charge in [0.15, 0.2) is 0 Å². The van der Waals surface area contributed by atoms with Gasteiger partial charge in [0.2, 0.25) is 0 Å². The first-order valence-electron chi connectivity index (χ1n) is 12.0. The van der Waals surface area contributed by atoms with Gasteiger partial charge in [-0.1, -0.05) is 56.2 Å². The first-order chi connectivity index (χ1) is 14.2. The van der Waals surface area contributed by atoms with Crippen LogP contribution in [0, 0.1) is 17.8 Å². The summed E-state index contributed by atoms with van der Waals surface area (Å²) >= 11 is 0. The van der Waals surface area contributed by atoms with Crippen molar-refractivity contribution in [1.82, 2.24) is 0 Å². The second-order valence-corrected chi connectivity index (χ2v) is 9.33. The minimum Gasteiger partial charge on any atom is -0.469 e. The molecule has 2 saturated carbocycles.